The highest BCUT2D eigenvalue weighted by atomic mass is 16.6. The Morgan fingerprint density at radius 3 is 0.722 bits per heavy atom. The summed E-state index contributed by atoms with van der Waals surface area (Å²) in [6.07, 6.45) is 85.5. The van der Waals surface area contributed by atoms with Crippen LogP contribution in [0, 0.1) is 0 Å². The molecule has 0 aliphatic heterocycles. The highest BCUT2D eigenvalue weighted by molar-refractivity contribution is 5.71. The first-order valence-corrected chi connectivity index (χ1v) is 35.1. The molecule has 1 atom stereocenters. The zero-order valence-corrected chi connectivity index (χ0v) is 53.2. The molecule has 0 rings (SSSR count). The molecule has 0 saturated heterocycles. The van der Waals surface area contributed by atoms with E-state index in [4.69, 9.17) is 14.2 Å². The Balaban J connectivity index is 4.34. The molecule has 0 fully saturated rings. The highest BCUT2D eigenvalue weighted by Gasteiger charge is 2.19. The fraction of sp³-hybridized carbons (Fsp3) is 0.849. The summed E-state index contributed by atoms with van der Waals surface area (Å²) in [5.74, 6) is -0.853. The average Bonchev–Trinajstić information content (AvgIpc) is 3.45. The summed E-state index contributed by atoms with van der Waals surface area (Å²) in [7, 11) is 0. The second kappa shape index (κ2) is 67.9. The minimum atomic E-state index is -0.776. The number of esters is 3. The van der Waals surface area contributed by atoms with Crippen molar-refractivity contribution in [1.82, 2.24) is 0 Å². The minimum Gasteiger partial charge on any atom is -0.462 e. The van der Waals surface area contributed by atoms with Crippen molar-refractivity contribution in [1.29, 1.82) is 0 Å². The summed E-state index contributed by atoms with van der Waals surface area (Å²) in [6, 6.07) is 0. The van der Waals surface area contributed by atoms with Crippen molar-refractivity contribution in [3.8, 4) is 0 Å². The van der Waals surface area contributed by atoms with Gasteiger partial charge in [-0.05, 0) is 83.5 Å². The SMILES string of the molecule is CCCCC/C=C\C/C=C\CCCCCCCCCCCC(=O)OCC(COC(=O)CCCCCCCCCCC/C=C\C/C=C\CCCCCCC)OC(=O)CCCCCCCCCCCCCCCCCCCCCCC. The van der Waals surface area contributed by atoms with E-state index < -0.39 is 6.10 Å². The molecule has 1 unspecified atom stereocenters. The summed E-state index contributed by atoms with van der Waals surface area (Å²) >= 11 is 0. The van der Waals surface area contributed by atoms with Crippen LogP contribution >= 0.6 is 0 Å². The number of rotatable bonds is 65. The summed E-state index contributed by atoms with van der Waals surface area (Å²) in [5.41, 5.74) is 0. The first kappa shape index (κ1) is 76.4. The Hall–Kier alpha value is -2.63. The van der Waals surface area contributed by atoms with Gasteiger partial charge in [0.1, 0.15) is 13.2 Å². The maximum atomic E-state index is 13.0. The molecule has 0 bridgehead atoms. The van der Waals surface area contributed by atoms with E-state index in [0.29, 0.717) is 19.3 Å². The lowest BCUT2D eigenvalue weighted by atomic mass is 10.0. The summed E-state index contributed by atoms with van der Waals surface area (Å²) in [6.45, 7) is 6.67. The Labute approximate surface area is 492 Å². The van der Waals surface area contributed by atoms with E-state index in [1.54, 1.807) is 0 Å². The molecule has 0 N–H and O–H groups in total. The number of hydrogen-bond acceptors (Lipinski definition) is 6. The third-order valence-corrected chi connectivity index (χ3v) is 15.8. The van der Waals surface area contributed by atoms with E-state index >= 15 is 0 Å². The molecule has 6 heteroatoms. The quantitative estimate of drug-likeness (QED) is 0.0261. The van der Waals surface area contributed by atoms with Gasteiger partial charge in [-0.2, -0.15) is 0 Å². The van der Waals surface area contributed by atoms with Gasteiger partial charge in [0.15, 0.2) is 6.10 Å². The van der Waals surface area contributed by atoms with E-state index in [1.165, 1.54) is 270 Å². The van der Waals surface area contributed by atoms with Gasteiger partial charge in [-0.3, -0.25) is 14.4 Å². The predicted octanol–water partition coefficient (Wildman–Crippen LogP) is 24.1. The average molecular weight is 1110 g/mol. The molecule has 79 heavy (non-hydrogen) atoms. The number of carbonyl (C=O) groups excluding carboxylic acids is 3. The van der Waals surface area contributed by atoms with Gasteiger partial charge in [0.2, 0.25) is 0 Å². The van der Waals surface area contributed by atoms with Gasteiger partial charge in [-0.15, -0.1) is 0 Å². The van der Waals surface area contributed by atoms with Gasteiger partial charge < -0.3 is 14.2 Å². The van der Waals surface area contributed by atoms with E-state index in [0.717, 1.165) is 70.6 Å². The van der Waals surface area contributed by atoms with Crippen molar-refractivity contribution in [3.05, 3.63) is 48.6 Å². The zero-order chi connectivity index (χ0) is 57.1. The summed E-state index contributed by atoms with van der Waals surface area (Å²) in [5, 5.41) is 0. The van der Waals surface area contributed by atoms with Crippen molar-refractivity contribution in [2.75, 3.05) is 13.2 Å². The molecule has 0 aromatic rings. The summed E-state index contributed by atoms with van der Waals surface area (Å²) < 4.78 is 17.0. The molecule has 6 nitrogen and oxygen atoms in total. The predicted molar refractivity (Wildman–Crippen MR) is 344 cm³/mol. The van der Waals surface area contributed by atoms with Crippen molar-refractivity contribution in [3.63, 3.8) is 0 Å². The van der Waals surface area contributed by atoms with E-state index in [-0.39, 0.29) is 31.1 Å². The molecule has 0 spiro atoms. The number of ether oxygens (including phenoxy) is 3. The number of hydrogen-bond donors (Lipinski definition) is 0. The van der Waals surface area contributed by atoms with Crippen LogP contribution in [0.25, 0.3) is 0 Å². The maximum Gasteiger partial charge on any atom is 0.306 e. The molecular weight excluding hydrogens is 973 g/mol. The van der Waals surface area contributed by atoms with Gasteiger partial charge in [0.25, 0.3) is 0 Å². The molecule has 0 amide bonds. The monoisotopic (exact) mass is 1110 g/mol. The van der Waals surface area contributed by atoms with Crippen molar-refractivity contribution in [2.24, 2.45) is 0 Å². The normalized spacial score (nSPS) is 12.3. The van der Waals surface area contributed by atoms with Gasteiger partial charge in [0, 0.05) is 19.3 Å². The van der Waals surface area contributed by atoms with E-state index in [2.05, 4.69) is 69.4 Å². The number of allylic oxidation sites excluding steroid dienone is 8. The molecule has 0 radical (unpaired) electrons. The standard InChI is InChI=1S/C73H134O6/c1-4-7-10-13-16-19-22-25-28-31-34-36-39-42-45-48-51-54-57-60-63-66-72(75)78-69-70(68-77-71(74)65-62-59-56-53-50-47-44-41-38-33-30-27-24-21-18-15-12-9-6-3)79-73(76)67-64-61-58-55-52-49-46-43-40-37-35-32-29-26-23-20-17-14-11-8-5-2/h18,21-22,25,27,30-31,34,70H,4-17,19-20,23-24,26,28-29,32-33,35-69H2,1-3H3/b21-18-,25-22-,30-27-,34-31-. The van der Waals surface area contributed by atoms with Crippen molar-refractivity contribution in [2.45, 2.75) is 386 Å². The third kappa shape index (κ3) is 66.1. The van der Waals surface area contributed by atoms with Gasteiger partial charge in [-0.1, -0.05) is 326 Å². The second-order valence-corrected chi connectivity index (χ2v) is 23.8. The van der Waals surface area contributed by atoms with E-state index in [9.17, 15) is 14.4 Å². The smallest absolute Gasteiger partial charge is 0.306 e. The Kier molecular flexibility index (Phi) is 65.6. The molecule has 0 aromatic carbocycles. The minimum absolute atomic E-state index is 0.0726. The van der Waals surface area contributed by atoms with Crippen LogP contribution in [0.4, 0.5) is 0 Å². The van der Waals surface area contributed by atoms with Crippen LogP contribution in [-0.2, 0) is 28.6 Å². The lowest BCUT2D eigenvalue weighted by Crippen LogP contribution is -2.30. The first-order chi connectivity index (χ1) is 39.0. The number of unbranched alkanes of at least 4 members (excludes halogenated alkanes) is 46. The maximum absolute atomic E-state index is 13.0. The highest BCUT2D eigenvalue weighted by Crippen LogP contribution is 2.18. The second-order valence-electron chi connectivity index (χ2n) is 23.8. The molecule has 462 valence electrons. The van der Waals surface area contributed by atoms with Crippen LogP contribution in [0.5, 0.6) is 0 Å². The zero-order valence-electron chi connectivity index (χ0n) is 53.2. The Bertz CT molecular complexity index is 1360. The van der Waals surface area contributed by atoms with Crippen LogP contribution in [0.3, 0.4) is 0 Å². The van der Waals surface area contributed by atoms with Crippen LogP contribution in [0.2, 0.25) is 0 Å². The first-order valence-electron chi connectivity index (χ1n) is 35.1. The Morgan fingerprint density at radius 2 is 0.456 bits per heavy atom. The molecule has 0 saturated carbocycles. The molecule has 0 aromatic heterocycles. The van der Waals surface area contributed by atoms with E-state index in [1.807, 2.05) is 0 Å². The molecular formula is C73H134O6. The largest absolute Gasteiger partial charge is 0.462 e. The molecule has 0 heterocycles. The third-order valence-electron chi connectivity index (χ3n) is 15.8. The van der Waals surface area contributed by atoms with Gasteiger partial charge in [0.05, 0.1) is 0 Å². The lowest BCUT2D eigenvalue weighted by molar-refractivity contribution is -0.167. The van der Waals surface area contributed by atoms with Crippen LogP contribution in [0.1, 0.15) is 380 Å². The number of carbonyl (C=O) groups is 3. The summed E-state index contributed by atoms with van der Waals surface area (Å²) in [4.78, 5) is 38.5. The van der Waals surface area contributed by atoms with Crippen molar-refractivity contribution < 1.29 is 28.6 Å². The molecule has 0 aliphatic rings. The molecule has 0 aliphatic carbocycles. The van der Waals surface area contributed by atoms with Crippen LogP contribution in [0.15, 0.2) is 48.6 Å². The lowest BCUT2D eigenvalue weighted by Gasteiger charge is -2.18. The van der Waals surface area contributed by atoms with Crippen LogP contribution < -0.4 is 0 Å². The van der Waals surface area contributed by atoms with Gasteiger partial charge in [-0.25, -0.2) is 0 Å². The fourth-order valence-electron chi connectivity index (χ4n) is 10.5. The van der Waals surface area contributed by atoms with Crippen molar-refractivity contribution >= 4 is 17.9 Å². The van der Waals surface area contributed by atoms with Crippen LogP contribution in [-0.4, -0.2) is 37.2 Å². The van der Waals surface area contributed by atoms with Gasteiger partial charge >= 0.3 is 17.9 Å². The topological polar surface area (TPSA) is 78.9 Å². The Morgan fingerprint density at radius 1 is 0.253 bits per heavy atom. The fourth-order valence-corrected chi connectivity index (χ4v) is 10.5.